The van der Waals surface area contributed by atoms with Crippen LogP contribution in [0.3, 0.4) is 0 Å². The molecule has 0 aliphatic carbocycles. The smallest absolute Gasteiger partial charge is 0.0781 e. The van der Waals surface area contributed by atoms with Gasteiger partial charge in [-0.1, -0.05) is 0 Å². The first kappa shape index (κ1) is 32.6. The molecule has 33 heavy (non-hydrogen) atoms. The first-order chi connectivity index (χ1) is 15.5. The Morgan fingerprint density at radius 2 is 0.606 bits per heavy atom. The summed E-state index contributed by atoms with van der Waals surface area (Å²) in [6.07, 6.45) is -1.07. The van der Waals surface area contributed by atoms with Gasteiger partial charge in [0.05, 0.1) is 102 Å². The second kappa shape index (κ2) is 19.9. The van der Waals surface area contributed by atoms with E-state index < -0.39 is 6.10 Å². The second-order valence-corrected chi connectivity index (χ2v) is 9.04. The summed E-state index contributed by atoms with van der Waals surface area (Å²) in [5.74, 6) is 0. The van der Waals surface area contributed by atoms with E-state index in [0.717, 1.165) is 0 Å². The molecule has 200 valence electrons. The lowest BCUT2D eigenvalue weighted by molar-refractivity contribution is -0.108. The first-order valence-corrected chi connectivity index (χ1v) is 12.1. The van der Waals surface area contributed by atoms with Crippen LogP contribution in [-0.2, 0) is 33.2 Å². The molecule has 0 rings (SSSR count). The van der Waals surface area contributed by atoms with E-state index in [2.05, 4.69) is 0 Å². The summed E-state index contributed by atoms with van der Waals surface area (Å²) in [7, 11) is 0. The largest absolute Gasteiger partial charge is 0.394 e. The van der Waals surface area contributed by atoms with Gasteiger partial charge in [-0.25, -0.2) is 0 Å². The molecular weight excluding hydrogens is 432 g/mol. The fourth-order valence-corrected chi connectivity index (χ4v) is 2.44. The lowest BCUT2D eigenvalue weighted by atomic mass is 10.3. The number of hydrogen-bond donors (Lipinski definition) is 2. The van der Waals surface area contributed by atoms with E-state index in [1.165, 1.54) is 0 Å². The molecule has 0 aromatic heterocycles. The Labute approximate surface area is 201 Å². The Morgan fingerprint density at radius 1 is 0.394 bits per heavy atom. The highest BCUT2D eigenvalue weighted by Crippen LogP contribution is 2.05. The van der Waals surface area contributed by atoms with Crippen LogP contribution in [0.2, 0.25) is 0 Å². The third kappa shape index (κ3) is 20.7. The molecule has 9 heteroatoms. The summed E-state index contributed by atoms with van der Waals surface area (Å²) in [6.45, 7) is 18.2. The van der Waals surface area contributed by atoms with Gasteiger partial charge in [0.1, 0.15) is 0 Å². The minimum atomic E-state index is -0.478. The van der Waals surface area contributed by atoms with E-state index in [0.29, 0.717) is 46.2 Å². The summed E-state index contributed by atoms with van der Waals surface area (Å²) in [5.41, 5.74) is 0. The fourth-order valence-electron chi connectivity index (χ4n) is 2.44. The Bertz CT molecular complexity index is 438. The van der Waals surface area contributed by atoms with Gasteiger partial charge in [0.15, 0.2) is 0 Å². The van der Waals surface area contributed by atoms with Crippen molar-refractivity contribution in [3.63, 3.8) is 0 Å². The van der Waals surface area contributed by atoms with Crippen LogP contribution in [0.15, 0.2) is 0 Å². The Kier molecular flexibility index (Phi) is 19.7. The molecule has 8 atom stereocenters. The zero-order valence-corrected chi connectivity index (χ0v) is 22.0. The van der Waals surface area contributed by atoms with Crippen molar-refractivity contribution in [1.29, 1.82) is 0 Å². The van der Waals surface area contributed by atoms with Crippen LogP contribution in [-0.4, -0.2) is 112 Å². The molecule has 0 aromatic rings. The molecule has 0 saturated heterocycles. The highest BCUT2D eigenvalue weighted by molar-refractivity contribution is 4.59. The topological polar surface area (TPSA) is 105 Å². The van der Waals surface area contributed by atoms with Crippen molar-refractivity contribution in [2.24, 2.45) is 0 Å². The maximum atomic E-state index is 9.24. The summed E-state index contributed by atoms with van der Waals surface area (Å²) in [5, 5.41) is 18.2. The highest BCUT2D eigenvalue weighted by Gasteiger charge is 2.14. The van der Waals surface area contributed by atoms with Gasteiger partial charge in [0.25, 0.3) is 0 Å². The zero-order chi connectivity index (χ0) is 25.2. The molecule has 9 nitrogen and oxygen atoms in total. The fraction of sp³-hybridized carbons (Fsp3) is 1.00. The maximum absolute atomic E-state index is 9.24. The van der Waals surface area contributed by atoms with E-state index in [9.17, 15) is 5.11 Å². The van der Waals surface area contributed by atoms with Crippen molar-refractivity contribution < 1.29 is 43.4 Å². The van der Waals surface area contributed by atoms with Gasteiger partial charge < -0.3 is 43.4 Å². The van der Waals surface area contributed by atoms with Gasteiger partial charge in [0.2, 0.25) is 0 Å². The molecule has 0 spiro atoms. The van der Waals surface area contributed by atoms with Gasteiger partial charge >= 0.3 is 0 Å². The quantitative estimate of drug-likeness (QED) is 0.240. The number of hydrogen-bond acceptors (Lipinski definition) is 9. The van der Waals surface area contributed by atoms with Crippen LogP contribution in [0.25, 0.3) is 0 Å². The van der Waals surface area contributed by atoms with Crippen LogP contribution in [0.5, 0.6) is 0 Å². The number of aliphatic hydroxyl groups excluding tert-OH is 2. The second-order valence-electron chi connectivity index (χ2n) is 9.04. The molecule has 0 saturated carbocycles. The minimum Gasteiger partial charge on any atom is -0.394 e. The molecule has 0 bridgehead atoms. The molecule has 8 unspecified atom stereocenters. The van der Waals surface area contributed by atoms with Crippen LogP contribution in [0.1, 0.15) is 55.4 Å². The van der Waals surface area contributed by atoms with Gasteiger partial charge in [-0.2, -0.15) is 0 Å². The van der Waals surface area contributed by atoms with E-state index in [1.807, 2.05) is 48.5 Å². The number of ether oxygens (including phenoxy) is 7. The third-order valence-corrected chi connectivity index (χ3v) is 4.57. The normalized spacial score (nSPS) is 19.5. The SMILES string of the molecule is CC(O)COC(C)COC(C)COC(C)COC(C)COC(C)COC(C)COC(C)CO. The predicted octanol–water partition coefficient (Wildman–Crippen LogP) is 2.20. The lowest BCUT2D eigenvalue weighted by Crippen LogP contribution is -2.30. The van der Waals surface area contributed by atoms with Crippen molar-refractivity contribution in [3.8, 4) is 0 Å². The first-order valence-electron chi connectivity index (χ1n) is 12.1. The Balaban J connectivity index is 3.81. The monoisotopic (exact) mass is 482 g/mol. The van der Waals surface area contributed by atoms with Crippen molar-refractivity contribution in [2.75, 3.05) is 52.9 Å². The van der Waals surface area contributed by atoms with Gasteiger partial charge in [-0.3, -0.25) is 0 Å². The molecule has 2 N–H and O–H groups in total. The van der Waals surface area contributed by atoms with Gasteiger partial charge in [-0.05, 0) is 55.4 Å². The molecule has 0 aromatic carbocycles. The van der Waals surface area contributed by atoms with Crippen LogP contribution in [0.4, 0.5) is 0 Å². The third-order valence-electron chi connectivity index (χ3n) is 4.57. The van der Waals surface area contributed by atoms with E-state index >= 15 is 0 Å². The summed E-state index contributed by atoms with van der Waals surface area (Å²) in [4.78, 5) is 0. The molecule has 0 aliphatic rings. The average Bonchev–Trinajstić information content (AvgIpc) is 2.78. The van der Waals surface area contributed by atoms with E-state index in [-0.39, 0.29) is 49.3 Å². The molecule has 0 radical (unpaired) electrons. The van der Waals surface area contributed by atoms with Crippen molar-refractivity contribution >= 4 is 0 Å². The summed E-state index contributed by atoms with van der Waals surface area (Å²) < 4.78 is 39.8. The minimum absolute atomic E-state index is 0.000849. The van der Waals surface area contributed by atoms with Crippen molar-refractivity contribution in [3.05, 3.63) is 0 Å². The summed E-state index contributed by atoms with van der Waals surface area (Å²) >= 11 is 0. The zero-order valence-electron chi connectivity index (χ0n) is 22.0. The lowest BCUT2D eigenvalue weighted by Gasteiger charge is -2.22. The standard InChI is InChI=1S/C24H50O9/c1-17(26)10-27-19(3)12-29-21(5)14-31-23(7)16-33-24(8)15-32-22(6)13-30-20(4)11-28-18(2)9-25/h17-26H,9-16H2,1-8H3. The van der Waals surface area contributed by atoms with Crippen molar-refractivity contribution in [2.45, 2.75) is 104 Å². The van der Waals surface area contributed by atoms with E-state index in [1.54, 1.807) is 6.92 Å². The molecule has 0 aliphatic heterocycles. The van der Waals surface area contributed by atoms with Crippen LogP contribution in [0, 0.1) is 0 Å². The average molecular weight is 483 g/mol. The highest BCUT2D eigenvalue weighted by atomic mass is 16.6. The maximum Gasteiger partial charge on any atom is 0.0781 e. The number of rotatable bonds is 22. The van der Waals surface area contributed by atoms with Gasteiger partial charge in [0, 0.05) is 0 Å². The van der Waals surface area contributed by atoms with E-state index in [4.69, 9.17) is 38.3 Å². The van der Waals surface area contributed by atoms with Crippen LogP contribution >= 0.6 is 0 Å². The molecule has 0 amide bonds. The predicted molar refractivity (Wildman–Crippen MR) is 127 cm³/mol. The summed E-state index contributed by atoms with van der Waals surface area (Å²) in [6, 6.07) is 0. The molecule has 0 fully saturated rings. The van der Waals surface area contributed by atoms with Crippen LogP contribution < -0.4 is 0 Å². The Hall–Kier alpha value is -0.360. The molecule has 0 heterocycles. The van der Waals surface area contributed by atoms with Crippen molar-refractivity contribution in [1.82, 2.24) is 0 Å². The Morgan fingerprint density at radius 3 is 0.818 bits per heavy atom. The van der Waals surface area contributed by atoms with Gasteiger partial charge in [-0.15, -0.1) is 0 Å². The number of aliphatic hydroxyl groups is 2. The molecular formula is C24H50O9.